The first kappa shape index (κ1) is 33.6. The molecule has 3 aliphatic heterocycles. The second-order valence-corrected chi connectivity index (χ2v) is 12.0. The molecule has 12 nitrogen and oxygen atoms in total. The molecule has 3 saturated heterocycles. The van der Waals surface area contributed by atoms with Crippen LogP contribution in [0.3, 0.4) is 0 Å². The monoisotopic (exact) mass is 576 g/mol. The van der Waals surface area contributed by atoms with E-state index in [2.05, 4.69) is 10.2 Å². The van der Waals surface area contributed by atoms with Gasteiger partial charge in [-0.1, -0.05) is 45.4 Å². The van der Waals surface area contributed by atoms with E-state index in [1.54, 1.807) is 6.92 Å². The smallest absolute Gasteiger partial charge is 0.220 e. The Balaban J connectivity index is 1.27. The van der Waals surface area contributed by atoms with Gasteiger partial charge in [0.25, 0.3) is 0 Å². The fraction of sp³-hybridized carbons (Fsp3) is 0.964. The fourth-order valence-electron chi connectivity index (χ4n) is 5.73. The van der Waals surface area contributed by atoms with E-state index in [1.165, 1.54) is 45.3 Å². The van der Waals surface area contributed by atoms with Crippen molar-refractivity contribution in [3.63, 3.8) is 0 Å². The Kier molecular flexibility index (Phi) is 14.0. The topological polar surface area (TPSA) is 181 Å². The van der Waals surface area contributed by atoms with Crippen LogP contribution in [0.15, 0.2) is 0 Å². The first-order chi connectivity index (χ1) is 19.2. The van der Waals surface area contributed by atoms with E-state index in [9.17, 15) is 35.4 Å². The summed E-state index contributed by atoms with van der Waals surface area (Å²) in [6.45, 7) is 6.24. The number of likely N-dealkylation sites (tertiary alicyclic amines) is 1. The highest BCUT2D eigenvalue weighted by Gasteiger charge is 2.48. The molecule has 0 saturated carbocycles. The molecule has 234 valence electrons. The van der Waals surface area contributed by atoms with Crippen molar-refractivity contribution in [3.8, 4) is 0 Å². The molecular weight excluding hydrogens is 524 g/mol. The van der Waals surface area contributed by atoms with Gasteiger partial charge in [-0.2, -0.15) is 0 Å². The van der Waals surface area contributed by atoms with E-state index in [1.807, 2.05) is 0 Å². The summed E-state index contributed by atoms with van der Waals surface area (Å²) in [5.74, 6) is -0.286. The maximum atomic E-state index is 12.6. The number of ether oxygens (including phenoxy) is 3. The summed E-state index contributed by atoms with van der Waals surface area (Å²) in [6.07, 6.45) is -0.400. The van der Waals surface area contributed by atoms with E-state index < -0.39 is 55.6 Å². The number of aliphatic hydroxyl groups is 6. The quantitative estimate of drug-likeness (QED) is 0.0963. The molecule has 3 aliphatic rings. The molecule has 12 heteroatoms. The van der Waals surface area contributed by atoms with Crippen molar-refractivity contribution in [2.75, 3.05) is 46.1 Å². The highest BCUT2D eigenvalue weighted by Crippen LogP contribution is 2.37. The third kappa shape index (κ3) is 9.55. The van der Waals surface area contributed by atoms with Crippen LogP contribution in [0.25, 0.3) is 0 Å². The highest BCUT2D eigenvalue weighted by molar-refractivity contribution is 5.76. The van der Waals surface area contributed by atoms with E-state index in [0.717, 1.165) is 32.5 Å². The Bertz CT molecular complexity index is 732. The molecule has 7 N–H and O–H groups in total. The summed E-state index contributed by atoms with van der Waals surface area (Å²) < 4.78 is 16.2. The molecule has 3 fully saturated rings. The van der Waals surface area contributed by atoms with Gasteiger partial charge in [-0.25, -0.2) is 0 Å². The van der Waals surface area contributed by atoms with Crippen LogP contribution in [0.4, 0.5) is 0 Å². The van der Waals surface area contributed by atoms with Crippen LogP contribution in [-0.2, 0) is 19.0 Å². The largest absolute Gasteiger partial charge is 0.394 e. The number of nitrogens with zero attached hydrogens (tertiary/aromatic N) is 1. The van der Waals surface area contributed by atoms with E-state index in [-0.39, 0.29) is 25.4 Å². The third-order valence-corrected chi connectivity index (χ3v) is 8.42. The van der Waals surface area contributed by atoms with Crippen LogP contribution in [0, 0.1) is 5.41 Å². The first-order valence-electron chi connectivity index (χ1n) is 15.1. The zero-order valence-corrected chi connectivity index (χ0v) is 23.9. The Morgan fingerprint density at radius 1 is 0.975 bits per heavy atom. The number of aliphatic hydroxyl groups excluding tert-OH is 6. The lowest BCUT2D eigenvalue weighted by Gasteiger charge is -2.55. The molecule has 3 rings (SSSR count). The van der Waals surface area contributed by atoms with Crippen LogP contribution in [-0.4, -0.2) is 136 Å². The molecule has 40 heavy (non-hydrogen) atoms. The second kappa shape index (κ2) is 16.6. The molecular formula is C28H52N2O10. The molecule has 3 heterocycles. The third-order valence-electron chi connectivity index (χ3n) is 8.42. The highest BCUT2D eigenvalue weighted by atomic mass is 16.7. The van der Waals surface area contributed by atoms with Crippen molar-refractivity contribution >= 4 is 5.91 Å². The zero-order valence-electron chi connectivity index (χ0n) is 23.9. The summed E-state index contributed by atoms with van der Waals surface area (Å²) in [5.41, 5.74) is 0.496. The molecule has 0 aromatic rings. The fourth-order valence-corrected chi connectivity index (χ4v) is 5.73. The lowest BCUT2D eigenvalue weighted by Crippen LogP contribution is -2.65. The number of amides is 1. The molecule has 8 atom stereocenters. The normalized spacial score (nSPS) is 30.3. The van der Waals surface area contributed by atoms with Gasteiger partial charge in [-0.15, -0.1) is 0 Å². The number of carbonyl (C=O) groups excluding carboxylic acids is 1. The van der Waals surface area contributed by atoms with Gasteiger partial charge in [0.2, 0.25) is 5.91 Å². The predicted octanol–water partition coefficient (Wildman–Crippen LogP) is -0.737. The Hall–Kier alpha value is -0.930. The number of nitrogens with one attached hydrogen (secondary N) is 1. The van der Waals surface area contributed by atoms with Crippen molar-refractivity contribution in [3.05, 3.63) is 0 Å². The number of carbonyl (C=O) groups is 1. The number of hydrogen-bond donors (Lipinski definition) is 7. The zero-order chi connectivity index (χ0) is 29.1. The molecule has 0 bridgehead atoms. The van der Waals surface area contributed by atoms with Crippen molar-refractivity contribution in [1.29, 1.82) is 0 Å². The van der Waals surface area contributed by atoms with Crippen molar-refractivity contribution in [2.24, 2.45) is 5.41 Å². The molecule has 0 aromatic carbocycles. The van der Waals surface area contributed by atoms with Gasteiger partial charge in [0, 0.05) is 24.9 Å². The van der Waals surface area contributed by atoms with Crippen molar-refractivity contribution < 1.29 is 49.6 Å². The van der Waals surface area contributed by atoms with Crippen molar-refractivity contribution in [2.45, 2.75) is 120 Å². The van der Waals surface area contributed by atoms with Gasteiger partial charge in [0.1, 0.15) is 30.5 Å². The maximum absolute atomic E-state index is 12.6. The summed E-state index contributed by atoms with van der Waals surface area (Å²) in [7, 11) is 0. The summed E-state index contributed by atoms with van der Waals surface area (Å²) in [6, 6.07) is -0.987. The van der Waals surface area contributed by atoms with E-state index in [0.29, 0.717) is 11.8 Å². The Labute approximate surface area is 237 Å². The molecule has 5 unspecified atom stereocenters. The van der Waals surface area contributed by atoms with Gasteiger partial charge in [0.05, 0.1) is 38.6 Å². The summed E-state index contributed by atoms with van der Waals surface area (Å²) in [5, 5.41) is 62.8. The maximum Gasteiger partial charge on any atom is 0.220 e. The van der Waals surface area contributed by atoms with Crippen LogP contribution in [0.1, 0.15) is 71.1 Å². The van der Waals surface area contributed by atoms with Gasteiger partial charge < -0.3 is 55.1 Å². The summed E-state index contributed by atoms with van der Waals surface area (Å²) >= 11 is 0. The SMILES string of the molecule is CC[C@@H](O)[C@@H](O)[C@H](COC1OC(CO)C(O)C(O)C1O)NC(=O)CCCCCCCCCCN1CC2(COC2)C1. The van der Waals surface area contributed by atoms with Crippen molar-refractivity contribution in [1.82, 2.24) is 10.2 Å². The van der Waals surface area contributed by atoms with Gasteiger partial charge in [-0.05, 0) is 25.8 Å². The van der Waals surface area contributed by atoms with Crippen LogP contribution in [0.2, 0.25) is 0 Å². The Morgan fingerprint density at radius 2 is 1.60 bits per heavy atom. The van der Waals surface area contributed by atoms with Crippen LogP contribution < -0.4 is 5.32 Å². The first-order valence-corrected chi connectivity index (χ1v) is 15.1. The predicted molar refractivity (Wildman–Crippen MR) is 145 cm³/mol. The standard InChI is InChI=1S/C28H52N2O10/c1-2-20(32)23(34)19(14-39-27-26(37)25(36)24(35)21(13-31)40-27)29-22(33)11-9-7-5-3-4-6-8-10-12-30-15-28(16-30)17-38-18-28/h19-21,23-27,31-32,34-37H,2-18H2,1H3,(H,29,33)/t19-,20+,21?,23-,24?,25?,26?,27?/m0/s1. The number of hydrogen-bond acceptors (Lipinski definition) is 11. The lowest BCUT2D eigenvalue weighted by molar-refractivity contribution is -0.303. The lowest BCUT2D eigenvalue weighted by atomic mass is 9.78. The van der Waals surface area contributed by atoms with Gasteiger partial charge >= 0.3 is 0 Å². The summed E-state index contributed by atoms with van der Waals surface area (Å²) in [4.78, 5) is 15.1. The number of unbranched alkanes of at least 4 members (excludes halogenated alkanes) is 7. The average Bonchev–Trinajstić information content (AvgIpc) is 2.90. The Morgan fingerprint density at radius 3 is 2.17 bits per heavy atom. The van der Waals surface area contributed by atoms with E-state index in [4.69, 9.17) is 14.2 Å². The number of rotatable bonds is 19. The van der Waals surface area contributed by atoms with Crippen LogP contribution in [0.5, 0.6) is 0 Å². The molecule has 1 amide bonds. The minimum Gasteiger partial charge on any atom is -0.394 e. The minimum atomic E-state index is -1.60. The molecule has 0 aromatic heterocycles. The minimum absolute atomic E-state index is 0.252. The van der Waals surface area contributed by atoms with E-state index >= 15 is 0 Å². The molecule has 0 aliphatic carbocycles. The van der Waals surface area contributed by atoms with Crippen LogP contribution >= 0.6 is 0 Å². The second-order valence-electron chi connectivity index (χ2n) is 12.0. The van der Waals surface area contributed by atoms with Gasteiger partial charge in [0.15, 0.2) is 6.29 Å². The average molecular weight is 577 g/mol. The molecule has 0 radical (unpaired) electrons. The molecule has 1 spiro atoms. The van der Waals surface area contributed by atoms with Gasteiger partial charge in [-0.3, -0.25) is 4.79 Å².